The Morgan fingerprint density at radius 1 is 1.14 bits per heavy atom. The van der Waals surface area contributed by atoms with Gasteiger partial charge in [0.25, 0.3) is 11.5 Å². The van der Waals surface area contributed by atoms with Crippen LogP contribution in [0.5, 0.6) is 5.75 Å². The molecule has 1 unspecified atom stereocenters. The molecule has 2 fully saturated rings. The number of halogens is 4. The number of fused-ring (bicyclic) bond motifs is 3. The molecule has 264 valence electrons. The molecule has 0 aliphatic carbocycles. The lowest BCUT2D eigenvalue weighted by molar-refractivity contribution is -0.137. The quantitative estimate of drug-likeness (QED) is 0.311. The first-order valence-electron chi connectivity index (χ1n) is 15.8. The van der Waals surface area contributed by atoms with E-state index in [-0.39, 0.29) is 71.1 Å². The number of aromatic hydroxyl groups is 1. The third-order valence-electron chi connectivity index (χ3n) is 9.25. The van der Waals surface area contributed by atoms with Gasteiger partial charge in [-0.3, -0.25) is 14.4 Å². The number of rotatable bonds is 5. The van der Waals surface area contributed by atoms with Crippen molar-refractivity contribution in [3.8, 4) is 5.75 Å². The molecule has 3 aromatic heterocycles. The number of nitrogens with zero attached hydrogens (tertiary/aromatic N) is 8. The van der Waals surface area contributed by atoms with Crippen molar-refractivity contribution in [1.29, 1.82) is 0 Å². The number of ether oxygens (including phenoxy) is 2. The number of piperidine rings is 1. The normalized spacial score (nSPS) is 18.9. The number of likely N-dealkylation sites (tertiary alicyclic amines) is 1. The minimum absolute atomic E-state index is 0.0309. The highest BCUT2D eigenvalue weighted by Crippen LogP contribution is 2.48. The number of nitrogens with one attached hydrogen (secondary N) is 1. The number of morpholine rings is 1. The van der Waals surface area contributed by atoms with Gasteiger partial charge in [-0.15, -0.1) is 5.10 Å². The smallest absolute Gasteiger partial charge is 0.416 e. The van der Waals surface area contributed by atoms with E-state index in [9.17, 15) is 32.7 Å². The van der Waals surface area contributed by atoms with E-state index in [2.05, 4.69) is 25.4 Å². The zero-order valence-electron chi connectivity index (χ0n) is 26.8. The average Bonchev–Trinajstić information content (AvgIpc) is 3.65. The van der Waals surface area contributed by atoms with E-state index in [4.69, 9.17) is 21.1 Å². The Bertz CT molecular complexity index is 2070. The molecule has 7 rings (SSSR count). The standard InChI is InChI=1S/C31H31ClF3N9O6/c1-16-25(46)23(37-15-36-16)27(48)41-7-5-30(6-8-41)22-24(17(2)50-30)43(14-21(45)38-20-4-3-18(13-19(20)32)31(33,34)35)29-39-28(40-44(29)26(22)47)42-9-11-49-12-10-42/h3-4,13,15,17,46H,5-12,14H2,1-2H3,(H,38,45). The summed E-state index contributed by atoms with van der Waals surface area (Å²) >= 11 is 6.12. The summed E-state index contributed by atoms with van der Waals surface area (Å²) in [7, 11) is 0. The monoisotopic (exact) mass is 717 g/mol. The zero-order chi connectivity index (χ0) is 35.5. The number of carbonyl (C=O) groups excluding carboxylic acids is 2. The molecule has 3 aliphatic rings. The second kappa shape index (κ2) is 12.5. The van der Waals surface area contributed by atoms with Gasteiger partial charge in [0.2, 0.25) is 17.6 Å². The molecule has 0 bridgehead atoms. The lowest BCUT2D eigenvalue weighted by Crippen LogP contribution is -2.47. The van der Waals surface area contributed by atoms with Gasteiger partial charge in [0.15, 0.2) is 11.4 Å². The van der Waals surface area contributed by atoms with Crippen molar-refractivity contribution in [2.45, 2.75) is 51.1 Å². The van der Waals surface area contributed by atoms with Crippen LogP contribution in [0.15, 0.2) is 29.3 Å². The van der Waals surface area contributed by atoms with Gasteiger partial charge in [-0.25, -0.2) is 9.97 Å². The molecule has 19 heteroatoms. The van der Waals surface area contributed by atoms with E-state index in [0.29, 0.717) is 32.0 Å². The molecule has 1 spiro atoms. The SMILES string of the molecule is Cc1ncnc(C(=O)N2CCC3(CC2)OC(C)c2c3c(=O)n3nc(N4CCOCC4)nc3n2CC(=O)Nc2ccc(C(F)(F)F)cc2Cl)c1O. The average molecular weight is 718 g/mol. The number of amides is 2. The Hall–Kier alpha value is -4.81. The highest BCUT2D eigenvalue weighted by molar-refractivity contribution is 6.33. The van der Waals surface area contributed by atoms with E-state index in [1.807, 2.05) is 4.90 Å². The van der Waals surface area contributed by atoms with E-state index < -0.39 is 47.4 Å². The first-order chi connectivity index (χ1) is 23.8. The number of carbonyl (C=O) groups is 2. The van der Waals surface area contributed by atoms with Crippen molar-refractivity contribution in [2.24, 2.45) is 0 Å². The minimum Gasteiger partial charge on any atom is -0.504 e. The lowest BCUT2D eigenvalue weighted by Gasteiger charge is -2.39. The first-order valence-corrected chi connectivity index (χ1v) is 16.2. The van der Waals surface area contributed by atoms with Crippen LogP contribution < -0.4 is 15.8 Å². The molecule has 3 aliphatic heterocycles. The maximum atomic E-state index is 14.3. The fourth-order valence-corrected chi connectivity index (χ4v) is 6.99. The van der Waals surface area contributed by atoms with Crippen LogP contribution in [0.4, 0.5) is 24.8 Å². The third-order valence-corrected chi connectivity index (χ3v) is 9.56. The lowest BCUT2D eigenvalue weighted by atomic mass is 9.85. The van der Waals surface area contributed by atoms with Crippen LogP contribution in [-0.2, 0) is 32.6 Å². The van der Waals surface area contributed by atoms with Gasteiger partial charge in [0, 0.05) is 26.2 Å². The molecule has 2 saturated heterocycles. The second-order valence-corrected chi connectivity index (χ2v) is 12.7. The molecule has 6 heterocycles. The molecule has 4 aromatic rings. The van der Waals surface area contributed by atoms with Gasteiger partial charge in [-0.05, 0) is 44.9 Å². The van der Waals surface area contributed by atoms with Gasteiger partial charge in [-0.1, -0.05) is 11.6 Å². The molecule has 0 radical (unpaired) electrons. The summed E-state index contributed by atoms with van der Waals surface area (Å²) in [5.41, 5.74) is -1.85. The molecular formula is C31H31ClF3N9O6. The summed E-state index contributed by atoms with van der Waals surface area (Å²) in [6, 6.07) is 2.61. The fourth-order valence-electron chi connectivity index (χ4n) is 6.76. The summed E-state index contributed by atoms with van der Waals surface area (Å²) in [6.45, 7) is 5.03. The summed E-state index contributed by atoms with van der Waals surface area (Å²) in [5, 5.41) is 17.2. The van der Waals surface area contributed by atoms with Gasteiger partial charge >= 0.3 is 6.18 Å². The Morgan fingerprint density at radius 3 is 2.54 bits per heavy atom. The summed E-state index contributed by atoms with van der Waals surface area (Å²) in [4.78, 5) is 57.1. The maximum Gasteiger partial charge on any atom is 0.416 e. The first kappa shape index (κ1) is 33.7. The van der Waals surface area contributed by atoms with Crippen LogP contribution in [0.1, 0.15) is 58.9 Å². The van der Waals surface area contributed by atoms with Crippen molar-refractivity contribution in [3.63, 3.8) is 0 Å². The van der Waals surface area contributed by atoms with Crippen molar-refractivity contribution in [1.82, 2.24) is 34.0 Å². The van der Waals surface area contributed by atoms with Crippen molar-refractivity contribution >= 4 is 40.8 Å². The van der Waals surface area contributed by atoms with Crippen LogP contribution in [0.25, 0.3) is 5.78 Å². The third kappa shape index (κ3) is 5.79. The van der Waals surface area contributed by atoms with E-state index >= 15 is 0 Å². The molecule has 0 saturated carbocycles. The van der Waals surface area contributed by atoms with Gasteiger partial charge in [-0.2, -0.15) is 22.7 Å². The summed E-state index contributed by atoms with van der Waals surface area (Å²) < 4.78 is 54.2. The topological polar surface area (TPSA) is 169 Å². The molecule has 2 amide bonds. The van der Waals surface area contributed by atoms with Crippen molar-refractivity contribution in [2.75, 3.05) is 49.6 Å². The molecule has 2 N–H and O–H groups in total. The van der Waals surface area contributed by atoms with Crippen molar-refractivity contribution in [3.05, 3.63) is 68.1 Å². The predicted octanol–water partition coefficient (Wildman–Crippen LogP) is 3.07. The van der Waals surface area contributed by atoms with Crippen LogP contribution >= 0.6 is 11.6 Å². The number of anilines is 2. The predicted molar refractivity (Wildman–Crippen MR) is 170 cm³/mol. The Labute approximate surface area is 286 Å². The van der Waals surface area contributed by atoms with Crippen LogP contribution in [-0.4, -0.2) is 90.3 Å². The number of aromatic nitrogens is 6. The Kier molecular flexibility index (Phi) is 8.42. The number of aryl methyl sites for hydroxylation is 1. The van der Waals surface area contributed by atoms with Gasteiger partial charge < -0.3 is 34.3 Å². The second-order valence-electron chi connectivity index (χ2n) is 12.3. The largest absolute Gasteiger partial charge is 0.504 e. The molecule has 50 heavy (non-hydrogen) atoms. The fraction of sp³-hybridized carbons (Fsp3) is 0.452. The van der Waals surface area contributed by atoms with Crippen LogP contribution in [0.3, 0.4) is 0 Å². The number of hydrogen-bond donors (Lipinski definition) is 2. The molecule has 1 atom stereocenters. The van der Waals surface area contributed by atoms with E-state index in [1.54, 1.807) is 13.8 Å². The Balaban J connectivity index is 1.25. The zero-order valence-corrected chi connectivity index (χ0v) is 27.6. The van der Waals surface area contributed by atoms with Crippen LogP contribution in [0, 0.1) is 6.92 Å². The molecular weight excluding hydrogens is 687 g/mol. The highest BCUT2D eigenvalue weighted by atomic mass is 35.5. The number of benzene rings is 1. The number of alkyl halides is 3. The molecule has 15 nitrogen and oxygen atoms in total. The maximum absolute atomic E-state index is 14.3. The molecule has 1 aromatic carbocycles. The van der Waals surface area contributed by atoms with E-state index in [1.165, 1.54) is 15.8 Å². The minimum atomic E-state index is -4.62. The van der Waals surface area contributed by atoms with Crippen LogP contribution in [0.2, 0.25) is 5.02 Å². The summed E-state index contributed by atoms with van der Waals surface area (Å²) in [5.74, 6) is -1.12. The summed E-state index contributed by atoms with van der Waals surface area (Å²) in [6.07, 6.45) is -3.71. The number of hydrogen-bond acceptors (Lipinski definition) is 11. The van der Waals surface area contributed by atoms with E-state index in [0.717, 1.165) is 22.7 Å². The Morgan fingerprint density at radius 2 is 1.86 bits per heavy atom. The van der Waals surface area contributed by atoms with Crippen molar-refractivity contribution < 1.29 is 37.3 Å². The highest BCUT2D eigenvalue weighted by Gasteiger charge is 2.51. The van der Waals surface area contributed by atoms with Gasteiger partial charge in [0.1, 0.15) is 18.5 Å². The van der Waals surface area contributed by atoms with Gasteiger partial charge in [0.05, 0.1) is 52.5 Å².